The normalized spacial score (nSPS) is 17.0. The number of carbonyl (C=O) groups excluding carboxylic acids is 4. The quantitative estimate of drug-likeness (QED) is 0.334. The molecule has 0 N–H and O–H groups in total. The Morgan fingerprint density at radius 1 is 0.912 bits per heavy atom. The predicted molar refractivity (Wildman–Crippen MR) is 126 cm³/mol. The third-order valence-corrected chi connectivity index (χ3v) is 6.89. The molecule has 0 atom stereocenters. The Balaban J connectivity index is 1.55. The lowest BCUT2D eigenvalue weighted by molar-refractivity contribution is -0.148. The number of ether oxygens (including phenoxy) is 1. The summed E-state index contributed by atoms with van der Waals surface area (Å²) in [6.45, 7) is 2.87. The first kappa shape index (κ1) is 23.7. The maximum Gasteiger partial charge on any atom is 0.338 e. The second-order valence-electron chi connectivity index (χ2n) is 9.00. The van der Waals surface area contributed by atoms with E-state index in [4.69, 9.17) is 4.74 Å². The largest absolute Gasteiger partial charge is 0.465 e. The zero-order valence-electron chi connectivity index (χ0n) is 19.7. The molecule has 7 nitrogen and oxygen atoms in total. The number of nitrogens with zero attached hydrogens (tertiary/aromatic N) is 2. The average molecular weight is 463 g/mol. The number of hydrogen-bond donors (Lipinski definition) is 0. The number of methoxy groups -OCH3 is 1. The molecule has 0 bridgehead atoms. The summed E-state index contributed by atoms with van der Waals surface area (Å²) >= 11 is 0. The highest BCUT2D eigenvalue weighted by Gasteiger charge is 2.58. The number of hydrazine groups is 1. The highest BCUT2D eigenvalue weighted by atomic mass is 16.5. The molecule has 1 heterocycles. The van der Waals surface area contributed by atoms with Crippen molar-refractivity contribution in [2.75, 3.05) is 13.7 Å². The zero-order chi connectivity index (χ0) is 24.3. The Bertz CT molecular complexity index is 1100. The van der Waals surface area contributed by atoms with E-state index < -0.39 is 11.4 Å². The van der Waals surface area contributed by atoms with E-state index in [0.29, 0.717) is 24.9 Å². The molecule has 2 aromatic rings. The molecule has 4 rings (SSSR count). The van der Waals surface area contributed by atoms with Gasteiger partial charge in [0, 0.05) is 17.7 Å². The van der Waals surface area contributed by atoms with Gasteiger partial charge in [0.1, 0.15) is 5.41 Å². The summed E-state index contributed by atoms with van der Waals surface area (Å²) in [6.07, 6.45) is 4.81. The highest BCUT2D eigenvalue weighted by molar-refractivity contribution is 6.14. The summed E-state index contributed by atoms with van der Waals surface area (Å²) < 4.78 is 4.79. The summed E-state index contributed by atoms with van der Waals surface area (Å²) in [4.78, 5) is 51.7. The van der Waals surface area contributed by atoms with E-state index in [0.717, 1.165) is 31.2 Å². The van der Waals surface area contributed by atoms with Crippen molar-refractivity contribution in [1.29, 1.82) is 0 Å². The standard InChI is InChI=1S/C27H30N2O5/c1-3-4-17-28-25(32)27(15-7-8-16-27)26(33)29(28)18-19-11-13-20(14-12-19)23(30)21-9-5-6-10-22(21)24(31)34-2/h5-6,9-14H,3-4,7-8,15-18H2,1-2H3. The van der Waals surface area contributed by atoms with E-state index >= 15 is 0 Å². The zero-order valence-corrected chi connectivity index (χ0v) is 19.7. The van der Waals surface area contributed by atoms with E-state index in [2.05, 4.69) is 6.92 Å². The minimum atomic E-state index is -0.888. The summed E-state index contributed by atoms with van der Waals surface area (Å²) in [6, 6.07) is 13.5. The van der Waals surface area contributed by atoms with Crippen molar-refractivity contribution in [3.63, 3.8) is 0 Å². The Kier molecular flexibility index (Phi) is 6.82. The second kappa shape index (κ2) is 9.79. The van der Waals surface area contributed by atoms with Crippen LogP contribution in [0.2, 0.25) is 0 Å². The summed E-state index contributed by atoms with van der Waals surface area (Å²) in [5, 5.41) is 3.25. The molecule has 1 aliphatic carbocycles. The second-order valence-corrected chi connectivity index (χ2v) is 9.00. The lowest BCUT2D eigenvalue weighted by Crippen LogP contribution is -2.40. The third kappa shape index (κ3) is 4.11. The fraction of sp³-hybridized carbons (Fsp3) is 0.407. The first-order chi connectivity index (χ1) is 16.4. The molecule has 2 amide bonds. The van der Waals surface area contributed by atoms with Crippen molar-refractivity contribution in [1.82, 2.24) is 10.0 Å². The van der Waals surface area contributed by atoms with Crippen molar-refractivity contribution in [2.45, 2.75) is 52.0 Å². The van der Waals surface area contributed by atoms with Gasteiger partial charge in [0.15, 0.2) is 5.78 Å². The lowest BCUT2D eigenvalue weighted by atomic mass is 9.85. The Labute approximate surface area is 199 Å². The maximum atomic E-state index is 13.4. The first-order valence-electron chi connectivity index (χ1n) is 11.9. The topological polar surface area (TPSA) is 84.0 Å². The van der Waals surface area contributed by atoms with Gasteiger partial charge in [0.25, 0.3) is 11.8 Å². The van der Waals surface area contributed by atoms with E-state index in [1.807, 2.05) is 0 Å². The molecule has 0 radical (unpaired) electrons. The molecule has 34 heavy (non-hydrogen) atoms. The minimum Gasteiger partial charge on any atom is -0.465 e. The van der Waals surface area contributed by atoms with Gasteiger partial charge < -0.3 is 4.74 Å². The number of rotatable bonds is 8. The van der Waals surface area contributed by atoms with Crippen molar-refractivity contribution >= 4 is 23.6 Å². The van der Waals surface area contributed by atoms with E-state index in [9.17, 15) is 19.2 Å². The van der Waals surface area contributed by atoms with Gasteiger partial charge in [0.2, 0.25) is 0 Å². The number of benzene rings is 2. The van der Waals surface area contributed by atoms with Crippen LogP contribution in [0.4, 0.5) is 0 Å². The van der Waals surface area contributed by atoms with Gasteiger partial charge in [-0.3, -0.25) is 19.4 Å². The molecule has 2 fully saturated rings. The minimum absolute atomic E-state index is 0.0605. The molecule has 1 spiro atoms. The SMILES string of the molecule is CCCCN1C(=O)C2(CCCC2)C(=O)N1Cc1ccc(C(=O)c2ccccc2C(=O)OC)cc1. The maximum absolute atomic E-state index is 13.4. The number of hydrogen-bond acceptors (Lipinski definition) is 5. The van der Waals surface area contributed by atoms with Crippen LogP contribution in [0.1, 0.15) is 77.3 Å². The van der Waals surface area contributed by atoms with Crippen molar-refractivity contribution < 1.29 is 23.9 Å². The number of ketones is 1. The first-order valence-corrected chi connectivity index (χ1v) is 11.9. The molecule has 1 saturated heterocycles. The average Bonchev–Trinajstić information content (AvgIpc) is 3.44. The van der Waals surface area contributed by atoms with E-state index in [-0.39, 0.29) is 35.3 Å². The van der Waals surface area contributed by atoms with Gasteiger partial charge in [-0.1, -0.05) is 68.7 Å². The summed E-state index contributed by atoms with van der Waals surface area (Å²) in [5.74, 6) is -1.01. The molecule has 0 unspecified atom stereocenters. The van der Waals surface area contributed by atoms with Crippen LogP contribution < -0.4 is 0 Å². The van der Waals surface area contributed by atoms with Gasteiger partial charge in [-0.05, 0) is 30.9 Å². The van der Waals surface area contributed by atoms with E-state index in [1.165, 1.54) is 7.11 Å². The van der Waals surface area contributed by atoms with Crippen LogP contribution in [0.25, 0.3) is 0 Å². The van der Waals surface area contributed by atoms with Gasteiger partial charge in [-0.25, -0.2) is 9.80 Å². The summed E-state index contributed by atoms with van der Waals surface area (Å²) in [5.41, 5.74) is 0.862. The van der Waals surface area contributed by atoms with Crippen molar-refractivity contribution in [3.8, 4) is 0 Å². The molecule has 178 valence electrons. The smallest absolute Gasteiger partial charge is 0.338 e. The van der Waals surface area contributed by atoms with Crippen LogP contribution in [-0.2, 0) is 20.9 Å². The molecule has 1 aliphatic heterocycles. The number of unbranched alkanes of at least 4 members (excludes halogenated alkanes) is 1. The number of esters is 1. The Morgan fingerprint density at radius 3 is 2.15 bits per heavy atom. The number of carbonyl (C=O) groups is 4. The van der Waals surface area contributed by atoms with Gasteiger partial charge >= 0.3 is 5.97 Å². The highest BCUT2D eigenvalue weighted by Crippen LogP contribution is 2.46. The van der Waals surface area contributed by atoms with Crippen LogP contribution in [0.3, 0.4) is 0 Å². The van der Waals surface area contributed by atoms with Gasteiger partial charge in [0.05, 0.1) is 19.2 Å². The third-order valence-electron chi connectivity index (χ3n) is 6.89. The molecule has 2 aromatic carbocycles. The van der Waals surface area contributed by atoms with Crippen LogP contribution in [0.5, 0.6) is 0 Å². The van der Waals surface area contributed by atoms with E-state index in [1.54, 1.807) is 58.5 Å². The lowest BCUT2D eigenvalue weighted by Gasteiger charge is -2.27. The van der Waals surface area contributed by atoms with Gasteiger partial charge in [-0.2, -0.15) is 0 Å². The molecule has 0 aromatic heterocycles. The monoisotopic (exact) mass is 462 g/mol. The van der Waals surface area contributed by atoms with Gasteiger partial charge in [-0.15, -0.1) is 0 Å². The molecular weight excluding hydrogens is 432 g/mol. The fourth-order valence-corrected chi connectivity index (χ4v) is 4.96. The van der Waals surface area contributed by atoms with Crippen molar-refractivity contribution in [2.24, 2.45) is 5.41 Å². The molecule has 7 heteroatoms. The van der Waals surface area contributed by atoms with Crippen molar-refractivity contribution in [3.05, 3.63) is 70.8 Å². The predicted octanol–water partition coefficient (Wildman–Crippen LogP) is 4.15. The molecular formula is C27H30N2O5. The van der Waals surface area contributed by atoms with Crippen LogP contribution in [0.15, 0.2) is 48.5 Å². The fourth-order valence-electron chi connectivity index (χ4n) is 4.96. The number of amides is 2. The molecule has 2 aliphatic rings. The summed E-state index contributed by atoms with van der Waals surface area (Å²) in [7, 11) is 1.28. The van der Waals surface area contributed by atoms with Crippen LogP contribution in [-0.4, -0.2) is 47.2 Å². The Morgan fingerprint density at radius 2 is 1.53 bits per heavy atom. The van der Waals surface area contributed by atoms with Crippen LogP contribution in [0, 0.1) is 5.41 Å². The van der Waals surface area contributed by atoms with Crippen LogP contribution >= 0.6 is 0 Å². The molecule has 1 saturated carbocycles. The Hall–Kier alpha value is -3.48.